The average Bonchev–Trinajstić information content (AvgIpc) is 2.24. The van der Waals surface area contributed by atoms with Crippen LogP contribution in [0.1, 0.15) is 32.8 Å². The number of halogens is 4. The lowest BCUT2D eigenvalue weighted by Gasteiger charge is -2.19. The van der Waals surface area contributed by atoms with Gasteiger partial charge >= 0.3 is 12.1 Å². The number of benzene rings is 1. The molecule has 0 amide bonds. The zero-order valence-electron chi connectivity index (χ0n) is 12.0. The maximum atomic E-state index is 12.7. The Kier molecular flexibility index (Phi) is 5.67. The Morgan fingerprint density at radius 2 is 1.86 bits per heavy atom. The van der Waals surface area contributed by atoms with Crippen LogP contribution in [-0.4, -0.2) is 18.1 Å². The molecule has 3 nitrogen and oxygen atoms in total. The van der Waals surface area contributed by atoms with Gasteiger partial charge in [-0.3, -0.25) is 4.79 Å². The van der Waals surface area contributed by atoms with E-state index in [1.807, 2.05) is 0 Å². The summed E-state index contributed by atoms with van der Waals surface area (Å²) >= 11 is 3.03. The number of carbonyl (C=O) groups excluding carboxylic acids is 1. The molecule has 1 aromatic rings. The third kappa shape index (κ3) is 6.84. The zero-order chi connectivity index (χ0) is 16.3. The molecule has 0 heterocycles. The molecule has 0 unspecified atom stereocenters. The minimum Gasteiger partial charge on any atom is -0.460 e. The summed E-state index contributed by atoms with van der Waals surface area (Å²) < 4.78 is 43.4. The Morgan fingerprint density at radius 1 is 1.24 bits per heavy atom. The monoisotopic (exact) mass is 367 g/mol. The van der Waals surface area contributed by atoms with Crippen LogP contribution < -0.4 is 5.32 Å². The third-order valence-corrected chi connectivity index (χ3v) is 2.76. The Labute approximate surface area is 130 Å². The quantitative estimate of drug-likeness (QED) is 0.789. The first-order chi connectivity index (χ1) is 9.47. The first-order valence-corrected chi connectivity index (χ1v) is 7.10. The van der Waals surface area contributed by atoms with Crippen molar-refractivity contribution in [3.63, 3.8) is 0 Å². The molecule has 0 saturated heterocycles. The molecule has 0 bridgehead atoms. The van der Waals surface area contributed by atoms with Crippen LogP contribution in [0.15, 0.2) is 22.7 Å². The lowest BCUT2D eigenvalue weighted by Crippen LogP contribution is -2.25. The van der Waals surface area contributed by atoms with E-state index in [0.717, 1.165) is 12.1 Å². The van der Waals surface area contributed by atoms with Gasteiger partial charge in [0.15, 0.2) is 0 Å². The highest BCUT2D eigenvalue weighted by Gasteiger charge is 2.31. The van der Waals surface area contributed by atoms with Crippen molar-refractivity contribution < 1.29 is 22.7 Å². The van der Waals surface area contributed by atoms with Crippen molar-refractivity contribution in [3.05, 3.63) is 28.2 Å². The normalized spacial score (nSPS) is 12.1. The standard InChI is InChI=1S/C14H17BrF3NO2/c1-13(2,3)21-12(20)4-5-19-11-7-9(14(16,17)18)6-10(15)8-11/h6-8,19H,4-5H2,1-3H3. The fourth-order valence-electron chi connectivity index (χ4n) is 1.56. The van der Waals surface area contributed by atoms with Gasteiger partial charge in [-0.1, -0.05) is 15.9 Å². The van der Waals surface area contributed by atoms with Crippen LogP contribution in [0.25, 0.3) is 0 Å². The number of nitrogens with one attached hydrogen (secondary N) is 1. The molecule has 0 atom stereocenters. The highest BCUT2D eigenvalue weighted by Crippen LogP contribution is 2.33. The molecule has 0 aliphatic carbocycles. The van der Waals surface area contributed by atoms with E-state index in [0.29, 0.717) is 10.2 Å². The maximum absolute atomic E-state index is 12.7. The fourth-order valence-corrected chi connectivity index (χ4v) is 2.05. The Morgan fingerprint density at radius 3 is 2.38 bits per heavy atom. The van der Waals surface area contributed by atoms with Crippen molar-refractivity contribution in [2.45, 2.75) is 39.0 Å². The van der Waals surface area contributed by atoms with Crippen LogP contribution in [0.4, 0.5) is 18.9 Å². The molecule has 1 rings (SSSR count). The number of hydrogen-bond acceptors (Lipinski definition) is 3. The number of rotatable bonds is 4. The molecule has 0 radical (unpaired) electrons. The highest BCUT2D eigenvalue weighted by molar-refractivity contribution is 9.10. The van der Waals surface area contributed by atoms with Gasteiger partial charge in [0.1, 0.15) is 5.60 Å². The Balaban J connectivity index is 2.60. The van der Waals surface area contributed by atoms with Gasteiger partial charge in [-0.2, -0.15) is 13.2 Å². The molecule has 0 fully saturated rings. The van der Waals surface area contributed by atoms with Crippen molar-refractivity contribution in [2.24, 2.45) is 0 Å². The molecule has 118 valence electrons. The van der Waals surface area contributed by atoms with Gasteiger partial charge in [-0.15, -0.1) is 0 Å². The summed E-state index contributed by atoms with van der Waals surface area (Å²) in [4.78, 5) is 11.5. The van der Waals surface area contributed by atoms with Gasteiger partial charge in [-0.25, -0.2) is 0 Å². The predicted octanol–water partition coefficient (Wildman–Crippen LogP) is 4.61. The van der Waals surface area contributed by atoms with E-state index in [9.17, 15) is 18.0 Å². The summed E-state index contributed by atoms with van der Waals surface area (Å²) in [6.07, 6.45) is -4.34. The number of esters is 1. The van der Waals surface area contributed by atoms with Crippen LogP contribution in [0.2, 0.25) is 0 Å². The number of alkyl halides is 3. The van der Waals surface area contributed by atoms with E-state index in [2.05, 4.69) is 21.2 Å². The fraction of sp³-hybridized carbons (Fsp3) is 0.500. The van der Waals surface area contributed by atoms with Crippen LogP contribution in [0, 0.1) is 0 Å². The molecule has 0 aliphatic heterocycles. The van der Waals surface area contributed by atoms with E-state index in [-0.39, 0.29) is 13.0 Å². The second kappa shape index (κ2) is 6.68. The summed E-state index contributed by atoms with van der Waals surface area (Å²) in [6.45, 7) is 5.45. The molecule has 0 aromatic heterocycles. The smallest absolute Gasteiger partial charge is 0.416 e. The molecular formula is C14H17BrF3NO2. The molecule has 7 heteroatoms. The van der Waals surface area contributed by atoms with Crippen molar-refractivity contribution in [1.29, 1.82) is 0 Å². The van der Waals surface area contributed by atoms with E-state index in [1.54, 1.807) is 20.8 Å². The van der Waals surface area contributed by atoms with Gasteiger partial charge in [0.05, 0.1) is 12.0 Å². The van der Waals surface area contributed by atoms with Crippen LogP contribution in [0.5, 0.6) is 0 Å². The second-order valence-electron chi connectivity index (χ2n) is 5.49. The number of carbonyl (C=O) groups is 1. The SMILES string of the molecule is CC(C)(C)OC(=O)CCNc1cc(Br)cc(C(F)(F)F)c1. The van der Waals surface area contributed by atoms with Crippen molar-refractivity contribution >= 4 is 27.6 Å². The highest BCUT2D eigenvalue weighted by atomic mass is 79.9. The van der Waals surface area contributed by atoms with Crippen LogP contribution in [-0.2, 0) is 15.7 Å². The van der Waals surface area contributed by atoms with Gasteiger partial charge in [-0.05, 0) is 39.0 Å². The second-order valence-corrected chi connectivity index (χ2v) is 6.41. The molecule has 21 heavy (non-hydrogen) atoms. The molecule has 0 spiro atoms. The minimum atomic E-state index is -4.41. The molecular weight excluding hydrogens is 351 g/mol. The third-order valence-electron chi connectivity index (χ3n) is 2.30. The number of hydrogen-bond donors (Lipinski definition) is 1. The Bertz CT molecular complexity index is 510. The van der Waals surface area contributed by atoms with Crippen molar-refractivity contribution in [1.82, 2.24) is 0 Å². The van der Waals surface area contributed by atoms with E-state index in [1.165, 1.54) is 6.07 Å². The first kappa shape index (κ1) is 17.8. The predicted molar refractivity (Wildman–Crippen MR) is 78.1 cm³/mol. The molecule has 1 N–H and O–H groups in total. The van der Waals surface area contributed by atoms with Crippen LogP contribution in [0.3, 0.4) is 0 Å². The van der Waals surface area contributed by atoms with E-state index in [4.69, 9.17) is 4.74 Å². The lowest BCUT2D eigenvalue weighted by atomic mass is 10.2. The Hall–Kier alpha value is -1.24. The summed E-state index contributed by atoms with van der Waals surface area (Å²) in [5.74, 6) is -0.402. The van der Waals surface area contributed by atoms with Gasteiger partial charge in [0, 0.05) is 16.7 Å². The number of ether oxygens (including phenoxy) is 1. The summed E-state index contributed by atoms with van der Waals surface area (Å²) in [5.41, 5.74) is -1.03. The summed E-state index contributed by atoms with van der Waals surface area (Å²) in [5, 5.41) is 2.78. The minimum absolute atomic E-state index is 0.0745. The van der Waals surface area contributed by atoms with Crippen molar-refractivity contribution in [3.8, 4) is 0 Å². The van der Waals surface area contributed by atoms with Gasteiger partial charge < -0.3 is 10.1 Å². The number of anilines is 1. The van der Waals surface area contributed by atoms with Gasteiger partial charge in [0.2, 0.25) is 0 Å². The van der Waals surface area contributed by atoms with E-state index >= 15 is 0 Å². The first-order valence-electron chi connectivity index (χ1n) is 6.31. The van der Waals surface area contributed by atoms with E-state index < -0.39 is 23.3 Å². The lowest BCUT2D eigenvalue weighted by molar-refractivity contribution is -0.154. The zero-order valence-corrected chi connectivity index (χ0v) is 13.6. The average molecular weight is 368 g/mol. The van der Waals surface area contributed by atoms with Crippen molar-refractivity contribution in [2.75, 3.05) is 11.9 Å². The topological polar surface area (TPSA) is 38.3 Å². The molecule has 1 aromatic carbocycles. The summed E-state index contributed by atoms with van der Waals surface area (Å²) in [7, 11) is 0. The molecule has 0 aliphatic rings. The molecule has 0 saturated carbocycles. The maximum Gasteiger partial charge on any atom is 0.416 e. The summed E-state index contributed by atoms with van der Waals surface area (Å²) in [6, 6.07) is 3.52. The van der Waals surface area contributed by atoms with Gasteiger partial charge in [0.25, 0.3) is 0 Å². The largest absolute Gasteiger partial charge is 0.460 e. The van der Waals surface area contributed by atoms with Crippen LogP contribution >= 0.6 is 15.9 Å².